The van der Waals surface area contributed by atoms with Gasteiger partial charge >= 0.3 is 5.97 Å². The van der Waals surface area contributed by atoms with Crippen molar-refractivity contribution < 1.29 is 24.2 Å². The Hall–Kier alpha value is -0.940. The van der Waals surface area contributed by atoms with Gasteiger partial charge in [-0.15, -0.1) is 0 Å². The van der Waals surface area contributed by atoms with Crippen LogP contribution in [0.3, 0.4) is 0 Å². The number of aliphatic hydroxyl groups is 1. The fourth-order valence-corrected chi connectivity index (χ4v) is 5.81. The molecule has 0 radical (unpaired) electrons. The molecule has 2 saturated heterocycles. The molecule has 4 rings (SSSR count). The summed E-state index contributed by atoms with van der Waals surface area (Å²) in [6.07, 6.45) is 1.46. The second-order valence-electron chi connectivity index (χ2n) is 8.26. The molecule has 0 aromatic carbocycles. The molecule has 4 fully saturated rings. The third-order valence-corrected chi connectivity index (χ3v) is 7.33. The van der Waals surface area contributed by atoms with Crippen LogP contribution in [0.25, 0.3) is 0 Å². The van der Waals surface area contributed by atoms with Gasteiger partial charge in [-0.05, 0) is 45.4 Å². The number of hydrogen-bond donors (Lipinski definition) is 1. The van der Waals surface area contributed by atoms with Gasteiger partial charge < -0.3 is 14.6 Å². The molecular weight excluding hydrogens is 284 g/mol. The van der Waals surface area contributed by atoms with Crippen LogP contribution >= 0.6 is 0 Å². The quantitative estimate of drug-likeness (QED) is 0.689. The fourth-order valence-electron chi connectivity index (χ4n) is 5.81. The molecule has 22 heavy (non-hydrogen) atoms. The Balaban J connectivity index is 1.91. The number of carbonyl (C=O) groups excluding carboxylic acids is 2. The molecule has 0 bridgehead atoms. The summed E-state index contributed by atoms with van der Waals surface area (Å²) in [4.78, 5) is 25.2. The maximum Gasteiger partial charge on any atom is 0.318 e. The van der Waals surface area contributed by atoms with Crippen LogP contribution in [0, 0.1) is 28.6 Å². The monoisotopic (exact) mass is 308 g/mol. The van der Waals surface area contributed by atoms with Crippen LogP contribution in [-0.2, 0) is 19.1 Å². The lowest BCUT2D eigenvalue weighted by Crippen LogP contribution is -2.47. The van der Waals surface area contributed by atoms with Crippen molar-refractivity contribution in [3.05, 3.63) is 0 Å². The van der Waals surface area contributed by atoms with Crippen molar-refractivity contribution >= 4 is 11.8 Å². The molecule has 5 heteroatoms. The van der Waals surface area contributed by atoms with Gasteiger partial charge in [0.1, 0.15) is 17.3 Å². The average Bonchev–Trinajstić information content (AvgIpc) is 2.91. The van der Waals surface area contributed by atoms with E-state index in [1.807, 2.05) is 6.92 Å². The highest BCUT2D eigenvalue weighted by molar-refractivity contribution is 5.89. The SMILES string of the molecule is C[C@@H]1C[C@@H]2OC(=O)[C@]3(C)[C@H]2[C@@H](O[C@@]3(C)O)[C@]2(C)C(=O)CC[C@@H]12. The lowest BCUT2D eigenvalue weighted by Gasteiger charge is -2.38. The first-order valence-electron chi connectivity index (χ1n) is 8.28. The van der Waals surface area contributed by atoms with E-state index >= 15 is 0 Å². The minimum atomic E-state index is -1.59. The zero-order chi connectivity index (χ0) is 16.1. The van der Waals surface area contributed by atoms with Crippen LogP contribution in [-0.4, -0.2) is 34.9 Å². The summed E-state index contributed by atoms with van der Waals surface area (Å²) in [6.45, 7) is 7.38. The van der Waals surface area contributed by atoms with E-state index < -0.39 is 28.7 Å². The largest absolute Gasteiger partial charge is 0.461 e. The standard InChI is InChI=1S/C17H24O5/c1-8-7-10-12-13(15(2)9(8)5-6-11(15)18)22-17(4,20)16(12,3)14(19)21-10/h8-10,12-13,20H,5-7H2,1-4H3/t8-,9+,10+,12-,13-,15+,16+,17-/m1/s1. The van der Waals surface area contributed by atoms with E-state index in [1.54, 1.807) is 6.92 Å². The average molecular weight is 308 g/mol. The van der Waals surface area contributed by atoms with Gasteiger partial charge in [-0.25, -0.2) is 0 Å². The van der Waals surface area contributed by atoms with E-state index in [4.69, 9.17) is 9.47 Å². The molecule has 4 aliphatic rings. The zero-order valence-electron chi connectivity index (χ0n) is 13.6. The van der Waals surface area contributed by atoms with Crippen molar-refractivity contribution in [2.45, 2.75) is 65.0 Å². The summed E-state index contributed by atoms with van der Waals surface area (Å²) in [5, 5.41) is 10.8. The summed E-state index contributed by atoms with van der Waals surface area (Å²) in [7, 11) is 0. The van der Waals surface area contributed by atoms with Crippen molar-refractivity contribution in [2.24, 2.45) is 28.6 Å². The molecule has 5 nitrogen and oxygen atoms in total. The van der Waals surface area contributed by atoms with Crippen LogP contribution in [0.1, 0.15) is 47.0 Å². The van der Waals surface area contributed by atoms with Crippen molar-refractivity contribution in [3.8, 4) is 0 Å². The Morgan fingerprint density at radius 2 is 1.91 bits per heavy atom. The molecule has 2 heterocycles. The fraction of sp³-hybridized carbons (Fsp3) is 0.882. The van der Waals surface area contributed by atoms with Crippen LogP contribution < -0.4 is 0 Å². The molecule has 0 amide bonds. The number of fused-ring (bicyclic) bond motifs is 2. The van der Waals surface area contributed by atoms with Crippen LogP contribution in [0.2, 0.25) is 0 Å². The first-order valence-corrected chi connectivity index (χ1v) is 8.28. The number of ketones is 1. The number of carbonyl (C=O) groups is 2. The van der Waals surface area contributed by atoms with Gasteiger partial charge in [-0.2, -0.15) is 0 Å². The Morgan fingerprint density at radius 1 is 1.23 bits per heavy atom. The topological polar surface area (TPSA) is 72.8 Å². The van der Waals surface area contributed by atoms with E-state index in [0.29, 0.717) is 12.3 Å². The molecule has 2 saturated carbocycles. The number of esters is 1. The third-order valence-electron chi connectivity index (χ3n) is 7.33. The highest BCUT2D eigenvalue weighted by Gasteiger charge is 2.77. The first-order chi connectivity index (χ1) is 10.1. The van der Waals surface area contributed by atoms with Gasteiger partial charge in [-0.1, -0.05) is 6.92 Å². The first kappa shape index (κ1) is 14.6. The molecule has 0 aromatic heterocycles. The number of rotatable bonds is 0. The van der Waals surface area contributed by atoms with Gasteiger partial charge in [0.05, 0.1) is 11.5 Å². The molecule has 0 aromatic rings. The van der Waals surface area contributed by atoms with E-state index in [0.717, 1.165) is 12.8 Å². The molecule has 1 N–H and O–H groups in total. The van der Waals surface area contributed by atoms with Crippen molar-refractivity contribution in [2.75, 3.05) is 0 Å². The summed E-state index contributed by atoms with van der Waals surface area (Å²) >= 11 is 0. The van der Waals surface area contributed by atoms with E-state index in [9.17, 15) is 14.7 Å². The number of Topliss-reactive ketones (excluding diaryl/α,β-unsaturated/α-hetero) is 1. The summed E-state index contributed by atoms with van der Waals surface area (Å²) in [5.41, 5.74) is -1.72. The van der Waals surface area contributed by atoms with E-state index in [-0.39, 0.29) is 23.7 Å². The lowest BCUT2D eigenvalue weighted by molar-refractivity contribution is -0.239. The summed E-state index contributed by atoms with van der Waals surface area (Å²) in [5.74, 6) is -1.51. The Morgan fingerprint density at radius 3 is 2.59 bits per heavy atom. The molecular formula is C17H24O5. The van der Waals surface area contributed by atoms with Crippen molar-refractivity contribution in [3.63, 3.8) is 0 Å². The molecule has 122 valence electrons. The lowest BCUT2D eigenvalue weighted by atomic mass is 9.64. The Kier molecular flexibility index (Phi) is 2.62. The Bertz CT molecular complexity index is 569. The maximum absolute atomic E-state index is 12.7. The predicted molar refractivity (Wildman–Crippen MR) is 76.6 cm³/mol. The van der Waals surface area contributed by atoms with E-state index in [2.05, 4.69) is 6.92 Å². The molecule has 0 spiro atoms. The second-order valence-corrected chi connectivity index (χ2v) is 8.26. The zero-order valence-corrected chi connectivity index (χ0v) is 13.6. The van der Waals surface area contributed by atoms with E-state index in [1.165, 1.54) is 6.92 Å². The van der Waals surface area contributed by atoms with Crippen molar-refractivity contribution in [1.29, 1.82) is 0 Å². The number of ether oxygens (including phenoxy) is 2. The van der Waals surface area contributed by atoms with Gasteiger partial charge in [0.25, 0.3) is 0 Å². The van der Waals surface area contributed by atoms with Gasteiger partial charge in [0.15, 0.2) is 5.79 Å². The molecule has 8 atom stereocenters. The highest BCUT2D eigenvalue weighted by atomic mass is 16.7. The van der Waals surface area contributed by atoms with Crippen molar-refractivity contribution in [1.82, 2.24) is 0 Å². The minimum Gasteiger partial charge on any atom is -0.461 e. The predicted octanol–water partition coefficient (Wildman–Crippen LogP) is 1.67. The highest BCUT2D eigenvalue weighted by Crippen LogP contribution is 2.65. The van der Waals surface area contributed by atoms with Gasteiger partial charge in [0, 0.05) is 12.3 Å². The maximum atomic E-state index is 12.7. The molecule has 2 aliphatic heterocycles. The molecule has 0 unspecified atom stereocenters. The Labute approximate surface area is 130 Å². The second kappa shape index (κ2) is 3.93. The van der Waals surface area contributed by atoms with Crippen LogP contribution in [0.4, 0.5) is 0 Å². The van der Waals surface area contributed by atoms with Gasteiger partial charge in [-0.3, -0.25) is 9.59 Å². The molecule has 2 aliphatic carbocycles. The summed E-state index contributed by atoms with van der Waals surface area (Å²) in [6, 6.07) is 0. The van der Waals surface area contributed by atoms with Crippen LogP contribution in [0.15, 0.2) is 0 Å². The normalized spacial score (nSPS) is 60.0. The minimum absolute atomic E-state index is 0.203. The number of hydrogen-bond acceptors (Lipinski definition) is 5. The third kappa shape index (κ3) is 1.34. The summed E-state index contributed by atoms with van der Waals surface area (Å²) < 4.78 is 11.7. The smallest absolute Gasteiger partial charge is 0.318 e. The van der Waals surface area contributed by atoms with Crippen LogP contribution in [0.5, 0.6) is 0 Å². The van der Waals surface area contributed by atoms with Gasteiger partial charge in [0.2, 0.25) is 0 Å².